The van der Waals surface area contributed by atoms with Gasteiger partial charge in [0.2, 0.25) is 5.91 Å². The molecule has 1 aliphatic carbocycles. The SMILES string of the molecule is CCCC1CCC(Nc2ccc(NC(=O)CC)cc2)CC1. The number of benzene rings is 1. The van der Waals surface area contributed by atoms with Crippen molar-refractivity contribution < 1.29 is 4.79 Å². The van der Waals surface area contributed by atoms with Gasteiger partial charge in [-0.25, -0.2) is 0 Å². The number of nitrogens with one attached hydrogen (secondary N) is 2. The monoisotopic (exact) mass is 288 g/mol. The van der Waals surface area contributed by atoms with Crippen molar-refractivity contribution in [3.8, 4) is 0 Å². The van der Waals surface area contributed by atoms with Crippen LogP contribution in [0.15, 0.2) is 24.3 Å². The van der Waals surface area contributed by atoms with E-state index in [9.17, 15) is 4.79 Å². The van der Waals surface area contributed by atoms with Gasteiger partial charge in [-0.15, -0.1) is 0 Å². The fourth-order valence-corrected chi connectivity index (χ4v) is 3.14. The summed E-state index contributed by atoms with van der Waals surface area (Å²) in [6, 6.07) is 8.67. The van der Waals surface area contributed by atoms with Crippen molar-refractivity contribution in [1.29, 1.82) is 0 Å². The summed E-state index contributed by atoms with van der Waals surface area (Å²) in [5.74, 6) is 1.00. The van der Waals surface area contributed by atoms with Crippen LogP contribution < -0.4 is 10.6 Å². The average molecular weight is 288 g/mol. The molecule has 1 aromatic rings. The zero-order chi connectivity index (χ0) is 15.1. The van der Waals surface area contributed by atoms with Gasteiger partial charge in [0.15, 0.2) is 0 Å². The van der Waals surface area contributed by atoms with Crippen molar-refractivity contribution in [2.24, 2.45) is 5.92 Å². The Hall–Kier alpha value is -1.51. The number of hydrogen-bond donors (Lipinski definition) is 2. The number of rotatable bonds is 6. The number of amides is 1. The summed E-state index contributed by atoms with van der Waals surface area (Å²) in [5, 5.41) is 6.50. The first kappa shape index (κ1) is 15.9. The third-order valence-corrected chi connectivity index (χ3v) is 4.40. The van der Waals surface area contributed by atoms with Crippen LogP contribution in [0.4, 0.5) is 11.4 Å². The first-order valence-electron chi connectivity index (χ1n) is 8.37. The molecular formula is C18H28N2O. The van der Waals surface area contributed by atoms with Gasteiger partial charge in [0, 0.05) is 23.8 Å². The van der Waals surface area contributed by atoms with Crippen molar-refractivity contribution in [2.75, 3.05) is 10.6 Å². The molecule has 0 aromatic heterocycles. The minimum Gasteiger partial charge on any atom is -0.382 e. The fourth-order valence-electron chi connectivity index (χ4n) is 3.14. The fraction of sp³-hybridized carbons (Fsp3) is 0.611. The first-order valence-corrected chi connectivity index (χ1v) is 8.37. The smallest absolute Gasteiger partial charge is 0.224 e. The Morgan fingerprint density at radius 3 is 2.24 bits per heavy atom. The highest BCUT2D eigenvalue weighted by atomic mass is 16.1. The highest BCUT2D eigenvalue weighted by molar-refractivity contribution is 5.90. The summed E-state index contributed by atoms with van der Waals surface area (Å²) in [4.78, 5) is 11.3. The van der Waals surface area contributed by atoms with Crippen LogP contribution in [-0.2, 0) is 4.79 Å². The molecule has 1 fully saturated rings. The summed E-state index contributed by atoms with van der Waals surface area (Å²) in [7, 11) is 0. The Balaban J connectivity index is 1.80. The molecule has 0 aliphatic heterocycles. The van der Waals surface area contributed by atoms with Crippen molar-refractivity contribution >= 4 is 17.3 Å². The molecule has 1 aromatic carbocycles. The second-order valence-electron chi connectivity index (χ2n) is 6.13. The largest absolute Gasteiger partial charge is 0.382 e. The van der Waals surface area contributed by atoms with E-state index >= 15 is 0 Å². The van der Waals surface area contributed by atoms with E-state index < -0.39 is 0 Å². The Morgan fingerprint density at radius 2 is 1.67 bits per heavy atom. The van der Waals surface area contributed by atoms with E-state index in [1.54, 1.807) is 0 Å². The van der Waals surface area contributed by atoms with Crippen LogP contribution in [0.5, 0.6) is 0 Å². The molecule has 0 radical (unpaired) electrons. The van der Waals surface area contributed by atoms with E-state index in [0.29, 0.717) is 12.5 Å². The standard InChI is InChI=1S/C18H28N2O/c1-3-5-14-6-8-15(9-7-14)19-16-10-12-17(13-11-16)20-18(21)4-2/h10-15,19H,3-9H2,1-2H3,(H,20,21). The van der Waals surface area contributed by atoms with Gasteiger partial charge in [0.05, 0.1) is 0 Å². The van der Waals surface area contributed by atoms with E-state index in [2.05, 4.69) is 29.7 Å². The van der Waals surface area contributed by atoms with Crippen molar-refractivity contribution in [3.05, 3.63) is 24.3 Å². The molecule has 1 aliphatic rings. The van der Waals surface area contributed by atoms with Crippen LogP contribution in [0, 0.1) is 5.92 Å². The van der Waals surface area contributed by atoms with Crippen molar-refractivity contribution in [2.45, 2.75) is 64.8 Å². The number of anilines is 2. The summed E-state index contributed by atoms with van der Waals surface area (Å²) in [6.07, 6.45) is 8.48. The molecule has 0 spiro atoms. The van der Waals surface area contributed by atoms with Crippen LogP contribution in [0.3, 0.4) is 0 Å². The molecule has 2 N–H and O–H groups in total. The second-order valence-corrected chi connectivity index (χ2v) is 6.13. The van der Waals surface area contributed by atoms with Crippen LogP contribution in [0.25, 0.3) is 0 Å². The van der Waals surface area contributed by atoms with E-state index in [1.165, 1.54) is 38.5 Å². The molecule has 3 heteroatoms. The van der Waals surface area contributed by atoms with Crippen LogP contribution in [0.1, 0.15) is 58.8 Å². The lowest BCUT2D eigenvalue weighted by molar-refractivity contribution is -0.115. The Kier molecular flexibility index (Phi) is 6.09. The van der Waals surface area contributed by atoms with Gasteiger partial charge in [-0.2, -0.15) is 0 Å². The van der Waals surface area contributed by atoms with Crippen LogP contribution >= 0.6 is 0 Å². The third-order valence-electron chi connectivity index (χ3n) is 4.40. The molecule has 21 heavy (non-hydrogen) atoms. The number of hydrogen-bond acceptors (Lipinski definition) is 2. The summed E-state index contributed by atoms with van der Waals surface area (Å²) >= 11 is 0. The molecule has 0 heterocycles. The maximum absolute atomic E-state index is 11.3. The topological polar surface area (TPSA) is 41.1 Å². The van der Waals surface area contributed by atoms with Gasteiger partial charge in [-0.3, -0.25) is 4.79 Å². The molecule has 1 amide bonds. The van der Waals surface area contributed by atoms with Gasteiger partial charge < -0.3 is 10.6 Å². The van der Waals surface area contributed by atoms with Gasteiger partial charge in [-0.05, 0) is 55.9 Å². The molecule has 0 saturated heterocycles. The Labute approximate surface area is 128 Å². The van der Waals surface area contributed by atoms with Gasteiger partial charge in [0.25, 0.3) is 0 Å². The zero-order valence-electron chi connectivity index (χ0n) is 13.3. The average Bonchev–Trinajstić information content (AvgIpc) is 2.51. The predicted molar refractivity (Wildman–Crippen MR) is 89.6 cm³/mol. The van der Waals surface area contributed by atoms with Crippen LogP contribution in [-0.4, -0.2) is 11.9 Å². The summed E-state index contributed by atoms with van der Waals surface area (Å²) in [5.41, 5.74) is 2.03. The summed E-state index contributed by atoms with van der Waals surface area (Å²) in [6.45, 7) is 4.14. The van der Waals surface area contributed by atoms with E-state index in [-0.39, 0.29) is 5.91 Å². The maximum atomic E-state index is 11.3. The second kappa shape index (κ2) is 8.06. The minimum atomic E-state index is 0.0601. The maximum Gasteiger partial charge on any atom is 0.224 e. The Bertz CT molecular complexity index is 433. The van der Waals surface area contributed by atoms with Crippen molar-refractivity contribution in [1.82, 2.24) is 0 Å². The van der Waals surface area contributed by atoms with Gasteiger partial charge in [0.1, 0.15) is 0 Å². The lowest BCUT2D eigenvalue weighted by atomic mass is 9.83. The zero-order valence-corrected chi connectivity index (χ0v) is 13.3. The van der Waals surface area contributed by atoms with Gasteiger partial charge >= 0.3 is 0 Å². The minimum absolute atomic E-state index is 0.0601. The quantitative estimate of drug-likeness (QED) is 0.789. The molecule has 116 valence electrons. The molecular weight excluding hydrogens is 260 g/mol. The molecule has 0 bridgehead atoms. The van der Waals surface area contributed by atoms with E-state index in [4.69, 9.17) is 0 Å². The molecule has 1 saturated carbocycles. The van der Waals surface area contributed by atoms with E-state index in [1.807, 2.05) is 19.1 Å². The highest BCUT2D eigenvalue weighted by Crippen LogP contribution is 2.29. The molecule has 0 unspecified atom stereocenters. The van der Waals surface area contributed by atoms with Crippen molar-refractivity contribution in [3.63, 3.8) is 0 Å². The third kappa shape index (κ3) is 5.07. The highest BCUT2D eigenvalue weighted by Gasteiger charge is 2.20. The number of carbonyl (C=O) groups is 1. The lowest BCUT2D eigenvalue weighted by Gasteiger charge is -2.29. The lowest BCUT2D eigenvalue weighted by Crippen LogP contribution is -2.26. The van der Waals surface area contributed by atoms with Gasteiger partial charge in [-0.1, -0.05) is 26.7 Å². The molecule has 0 atom stereocenters. The number of carbonyl (C=O) groups excluding carboxylic acids is 1. The first-order chi connectivity index (χ1) is 10.2. The van der Waals surface area contributed by atoms with E-state index in [0.717, 1.165) is 17.3 Å². The van der Waals surface area contributed by atoms with Crippen LogP contribution in [0.2, 0.25) is 0 Å². The predicted octanol–water partition coefficient (Wildman–Crippen LogP) is 4.81. The summed E-state index contributed by atoms with van der Waals surface area (Å²) < 4.78 is 0. The molecule has 3 nitrogen and oxygen atoms in total. The molecule has 2 rings (SSSR count). The normalized spacial score (nSPS) is 21.8. The Morgan fingerprint density at radius 1 is 1.05 bits per heavy atom.